The second kappa shape index (κ2) is 10.6. The normalized spacial score (nSPS) is 11.7. The minimum Gasteiger partial charge on any atom is -0.480 e. The minimum absolute atomic E-state index is 0.135. The summed E-state index contributed by atoms with van der Waals surface area (Å²) in [6.07, 6.45) is -0.779. The average Bonchev–Trinajstić information content (AvgIpc) is 2.47. The maximum Gasteiger partial charge on any atom is 0.408 e. The first kappa shape index (κ1) is 20.9. The standard InChI is InChI=1S/C15H21NO5.C2H6/c1-15(2,3)21-14(19)16-12(13(17)18)10-20-9-11-7-5-4-6-8-11;1-2/h4-8,12H,9-10H2,1-3H3,(H,16,19)(H,17,18);1-2H3. The Labute approximate surface area is 137 Å². The predicted molar refractivity (Wildman–Crippen MR) is 88.2 cm³/mol. The molecule has 0 fully saturated rings. The first-order valence-corrected chi connectivity index (χ1v) is 7.62. The van der Waals surface area contributed by atoms with E-state index in [-0.39, 0.29) is 13.2 Å². The van der Waals surface area contributed by atoms with Crippen LogP contribution in [-0.4, -0.2) is 35.4 Å². The first-order valence-electron chi connectivity index (χ1n) is 7.62. The van der Waals surface area contributed by atoms with Crippen LogP contribution in [0.15, 0.2) is 30.3 Å². The van der Waals surface area contributed by atoms with Gasteiger partial charge in [0.25, 0.3) is 0 Å². The van der Waals surface area contributed by atoms with Crippen LogP contribution < -0.4 is 5.32 Å². The van der Waals surface area contributed by atoms with Gasteiger partial charge >= 0.3 is 12.1 Å². The Morgan fingerprint density at radius 3 is 2.22 bits per heavy atom. The summed E-state index contributed by atoms with van der Waals surface area (Å²) in [5.74, 6) is -1.17. The molecule has 23 heavy (non-hydrogen) atoms. The van der Waals surface area contributed by atoms with E-state index in [0.717, 1.165) is 5.56 Å². The molecule has 0 saturated carbocycles. The molecular formula is C17H27NO5. The van der Waals surface area contributed by atoms with Crippen molar-refractivity contribution in [2.45, 2.75) is 52.9 Å². The molecule has 6 heteroatoms. The molecular weight excluding hydrogens is 298 g/mol. The summed E-state index contributed by atoms with van der Waals surface area (Å²) in [4.78, 5) is 22.6. The fourth-order valence-electron chi connectivity index (χ4n) is 1.49. The lowest BCUT2D eigenvalue weighted by atomic mass is 10.2. The molecule has 0 aliphatic heterocycles. The number of carbonyl (C=O) groups is 2. The number of hydrogen-bond donors (Lipinski definition) is 2. The van der Waals surface area contributed by atoms with Crippen LogP contribution in [0.4, 0.5) is 4.79 Å². The molecule has 1 unspecified atom stereocenters. The van der Waals surface area contributed by atoms with E-state index in [0.29, 0.717) is 0 Å². The molecule has 1 rings (SSSR count). The number of carboxylic acid groups (broad SMARTS) is 1. The van der Waals surface area contributed by atoms with Crippen molar-refractivity contribution in [1.82, 2.24) is 5.32 Å². The highest BCUT2D eigenvalue weighted by atomic mass is 16.6. The fourth-order valence-corrected chi connectivity index (χ4v) is 1.49. The number of hydrogen-bond acceptors (Lipinski definition) is 4. The van der Waals surface area contributed by atoms with Crippen molar-refractivity contribution in [2.24, 2.45) is 0 Å². The second-order valence-electron chi connectivity index (χ2n) is 5.54. The highest BCUT2D eigenvalue weighted by molar-refractivity contribution is 5.80. The Balaban J connectivity index is 0.00000232. The second-order valence-corrected chi connectivity index (χ2v) is 5.54. The van der Waals surface area contributed by atoms with Gasteiger partial charge in [-0.2, -0.15) is 0 Å². The molecule has 0 aromatic heterocycles. The average molecular weight is 325 g/mol. The van der Waals surface area contributed by atoms with Gasteiger partial charge in [-0.3, -0.25) is 0 Å². The van der Waals surface area contributed by atoms with Gasteiger partial charge in [-0.1, -0.05) is 44.2 Å². The van der Waals surface area contributed by atoms with Crippen LogP contribution in [0.1, 0.15) is 40.2 Å². The number of ether oxygens (including phenoxy) is 2. The molecule has 0 aliphatic carbocycles. The number of carboxylic acids is 1. The number of aliphatic carboxylic acids is 1. The van der Waals surface area contributed by atoms with E-state index in [1.54, 1.807) is 20.8 Å². The molecule has 2 N–H and O–H groups in total. The van der Waals surface area contributed by atoms with Crippen LogP contribution in [0.3, 0.4) is 0 Å². The van der Waals surface area contributed by atoms with E-state index in [1.165, 1.54) is 0 Å². The third kappa shape index (κ3) is 10.3. The van der Waals surface area contributed by atoms with E-state index in [1.807, 2.05) is 44.2 Å². The van der Waals surface area contributed by atoms with Crippen molar-refractivity contribution in [3.63, 3.8) is 0 Å². The van der Waals surface area contributed by atoms with Gasteiger partial charge in [0.05, 0.1) is 13.2 Å². The molecule has 0 saturated heterocycles. The molecule has 0 bridgehead atoms. The zero-order chi connectivity index (χ0) is 17.9. The van der Waals surface area contributed by atoms with E-state index >= 15 is 0 Å². The molecule has 0 spiro atoms. The summed E-state index contributed by atoms with van der Waals surface area (Å²) >= 11 is 0. The van der Waals surface area contributed by atoms with Crippen molar-refractivity contribution in [2.75, 3.05) is 6.61 Å². The van der Waals surface area contributed by atoms with Gasteiger partial charge in [-0.15, -0.1) is 0 Å². The first-order chi connectivity index (χ1) is 10.8. The number of benzene rings is 1. The van der Waals surface area contributed by atoms with Crippen molar-refractivity contribution >= 4 is 12.1 Å². The molecule has 0 heterocycles. The molecule has 6 nitrogen and oxygen atoms in total. The number of amides is 1. The number of nitrogens with one attached hydrogen (secondary N) is 1. The van der Waals surface area contributed by atoms with Crippen molar-refractivity contribution < 1.29 is 24.2 Å². The largest absolute Gasteiger partial charge is 0.480 e. The Hall–Kier alpha value is -2.08. The summed E-state index contributed by atoms with van der Waals surface area (Å²) in [5, 5.41) is 11.3. The summed E-state index contributed by atoms with van der Waals surface area (Å²) in [7, 11) is 0. The molecule has 1 atom stereocenters. The van der Waals surface area contributed by atoms with E-state index < -0.39 is 23.7 Å². The van der Waals surface area contributed by atoms with Crippen LogP contribution in [0.5, 0.6) is 0 Å². The summed E-state index contributed by atoms with van der Waals surface area (Å²) in [5.41, 5.74) is 0.247. The van der Waals surface area contributed by atoms with E-state index in [4.69, 9.17) is 14.6 Å². The van der Waals surface area contributed by atoms with Crippen molar-refractivity contribution in [3.8, 4) is 0 Å². The van der Waals surface area contributed by atoms with Crippen LogP contribution in [0.2, 0.25) is 0 Å². The Kier molecular flexibility index (Phi) is 9.65. The van der Waals surface area contributed by atoms with Gasteiger partial charge in [-0.05, 0) is 26.3 Å². The zero-order valence-electron chi connectivity index (χ0n) is 14.5. The third-order valence-corrected chi connectivity index (χ3v) is 2.39. The topological polar surface area (TPSA) is 84.9 Å². The lowest BCUT2D eigenvalue weighted by molar-refractivity contribution is -0.141. The van der Waals surface area contributed by atoms with Crippen LogP contribution in [0.25, 0.3) is 0 Å². The van der Waals surface area contributed by atoms with Gasteiger partial charge in [0.15, 0.2) is 6.04 Å². The maximum atomic E-state index is 11.6. The molecule has 1 aromatic carbocycles. The third-order valence-electron chi connectivity index (χ3n) is 2.39. The molecule has 0 aliphatic rings. The Morgan fingerprint density at radius 2 is 1.74 bits per heavy atom. The van der Waals surface area contributed by atoms with Gasteiger partial charge in [0, 0.05) is 0 Å². The lowest BCUT2D eigenvalue weighted by Crippen LogP contribution is -2.46. The van der Waals surface area contributed by atoms with Gasteiger partial charge < -0.3 is 19.9 Å². The zero-order valence-corrected chi connectivity index (χ0v) is 14.5. The number of alkyl carbamates (subject to hydrolysis) is 1. The van der Waals surface area contributed by atoms with E-state index in [2.05, 4.69) is 5.32 Å². The van der Waals surface area contributed by atoms with Crippen molar-refractivity contribution in [3.05, 3.63) is 35.9 Å². The molecule has 0 radical (unpaired) electrons. The van der Waals surface area contributed by atoms with Crippen LogP contribution in [-0.2, 0) is 20.9 Å². The number of rotatable bonds is 6. The summed E-state index contributed by atoms with van der Waals surface area (Å²) < 4.78 is 10.3. The lowest BCUT2D eigenvalue weighted by Gasteiger charge is -2.22. The number of carbonyl (C=O) groups excluding carboxylic acids is 1. The minimum atomic E-state index is -1.17. The van der Waals surface area contributed by atoms with Gasteiger partial charge in [-0.25, -0.2) is 9.59 Å². The Morgan fingerprint density at radius 1 is 1.17 bits per heavy atom. The summed E-state index contributed by atoms with van der Waals surface area (Å²) in [6.45, 7) is 9.25. The molecule has 1 amide bonds. The Bertz CT molecular complexity index is 468. The maximum absolute atomic E-state index is 11.6. The molecule has 130 valence electrons. The highest BCUT2D eigenvalue weighted by Crippen LogP contribution is 2.07. The van der Waals surface area contributed by atoms with Crippen molar-refractivity contribution in [1.29, 1.82) is 0 Å². The monoisotopic (exact) mass is 325 g/mol. The molecule has 1 aromatic rings. The smallest absolute Gasteiger partial charge is 0.408 e. The fraction of sp³-hybridized carbons (Fsp3) is 0.529. The predicted octanol–water partition coefficient (Wildman–Crippen LogP) is 3.21. The van der Waals surface area contributed by atoms with E-state index in [9.17, 15) is 9.59 Å². The quantitative estimate of drug-likeness (QED) is 0.839. The SMILES string of the molecule is CC.CC(C)(C)OC(=O)NC(COCc1ccccc1)C(=O)O. The van der Waals surface area contributed by atoms with Crippen LogP contribution >= 0.6 is 0 Å². The van der Waals surface area contributed by atoms with Crippen LogP contribution in [0, 0.1) is 0 Å². The highest BCUT2D eigenvalue weighted by Gasteiger charge is 2.24. The van der Waals surface area contributed by atoms with Gasteiger partial charge in [0.2, 0.25) is 0 Å². The summed E-state index contributed by atoms with van der Waals surface area (Å²) in [6, 6.07) is 8.21. The van der Waals surface area contributed by atoms with Gasteiger partial charge in [0.1, 0.15) is 5.60 Å².